The molecule has 1 atom stereocenters. The molecule has 1 amide bonds. The van der Waals surface area contributed by atoms with Gasteiger partial charge in [0.1, 0.15) is 12.1 Å². The van der Waals surface area contributed by atoms with Crippen molar-refractivity contribution in [3.05, 3.63) is 53.4 Å². The number of carbonyl (C=O) groups is 1. The van der Waals surface area contributed by atoms with Crippen LogP contribution in [0.2, 0.25) is 0 Å². The average Bonchev–Trinajstić information content (AvgIpc) is 3.42. The first kappa shape index (κ1) is 19.9. The van der Waals surface area contributed by atoms with Crippen LogP contribution in [-0.2, 0) is 0 Å². The molecule has 1 aliphatic rings. The Labute approximate surface area is 170 Å². The number of aromatic nitrogens is 3. The number of nitrogens with zero attached hydrogens (tertiary/aromatic N) is 4. The molecule has 1 aromatic carbocycles. The molecule has 3 aromatic rings. The fourth-order valence-corrected chi connectivity index (χ4v) is 3.53. The largest absolute Gasteiger partial charge is 0.342 e. The van der Waals surface area contributed by atoms with E-state index in [0.717, 1.165) is 13.0 Å². The van der Waals surface area contributed by atoms with E-state index in [4.69, 9.17) is 5.26 Å². The molecule has 30 heavy (non-hydrogen) atoms. The average molecular weight is 413 g/mol. The molecule has 0 radical (unpaired) electrons. The van der Waals surface area contributed by atoms with Gasteiger partial charge in [-0.2, -0.15) is 5.26 Å². The van der Waals surface area contributed by atoms with Gasteiger partial charge in [0.15, 0.2) is 11.3 Å². The van der Waals surface area contributed by atoms with Crippen molar-refractivity contribution in [1.82, 2.24) is 19.7 Å². The number of alkyl halides is 2. The Kier molecular flexibility index (Phi) is 4.73. The molecule has 0 spiro atoms. The lowest BCUT2D eigenvalue weighted by Gasteiger charge is -2.24. The number of amides is 1. The lowest BCUT2D eigenvalue weighted by atomic mass is 10.1. The van der Waals surface area contributed by atoms with Crippen molar-refractivity contribution in [2.45, 2.75) is 38.7 Å². The normalized spacial score (nSPS) is 15.1. The van der Waals surface area contributed by atoms with E-state index in [1.807, 2.05) is 6.07 Å². The van der Waals surface area contributed by atoms with Crippen LogP contribution in [0.15, 0.2) is 30.6 Å². The van der Waals surface area contributed by atoms with E-state index in [9.17, 15) is 18.0 Å². The van der Waals surface area contributed by atoms with Crippen molar-refractivity contribution in [2.75, 3.05) is 0 Å². The Balaban J connectivity index is 1.75. The molecule has 1 fully saturated rings. The highest BCUT2D eigenvalue weighted by Crippen LogP contribution is 2.39. The smallest absolute Gasteiger partial charge is 0.274 e. The summed E-state index contributed by atoms with van der Waals surface area (Å²) in [6.45, 7) is 2.54. The van der Waals surface area contributed by atoms with E-state index in [1.165, 1.54) is 18.5 Å². The van der Waals surface area contributed by atoms with Gasteiger partial charge in [0.05, 0.1) is 23.4 Å². The SMILES string of the molecule is Cc1cc(-c2cc(F)cc(C#N)c2)nc2c(C(=O)NC(C3CC3)C(C)(F)F)ncn12. The highest BCUT2D eigenvalue weighted by molar-refractivity contribution is 5.98. The van der Waals surface area contributed by atoms with E-state index in [-0.39, 0.29) is 22.8 Å². The van der Waals surface area contributed by atoms with E-state index < -0.39 is 23.7 Å². The van der Waals surface area contributed by atoms with Crippen molar-refractivity contribution in [3.63, 3.8) is 0 Å². The van der Waals surface area contributed by atoms with Crippen molar-refractivity contribution < 1.29 is 18.0 Å². The van der Waals surface area contributed by atoms with E-state index in [1.54, 1.807) is 17.4 Å². The lowest BCUT2D eigenvalue weighted by Crippen LogP contribution is -2.47. The van der Waals surface area contributed by atoms with Crippen molar-refractivity contribution >= 4 is 11.6 Å². The number of hydrogen-bond donors (Lipinski definition) is 1. The second kappa shape index (κ2) is 7.13. The maximum Gasteiger partial charge on any atom is 0.274 e. The Hall–Kier alpha value is -3.41. The van der Waals surface area contributed by atoms with Crippen LogP contribution < -0.4 is 5.32 Å². The van der Waals surface area contributed by atoms with Crippen LogP contribution in [0.25, 0.3) is 16.9 Å². The first-order chi connectivity index (χ1) is 14.2. The van der Waals surface area contributed by atoms with E-state index >= 15 is 0 Å². The number of nitrogens with one attached hydrogen (secondary N) is 1. The predicted molar refractivity (Wildman–Crippen MR) is 102 cm³/mol. The minimum Gasteiger partial charge on any atom is -0.342 e. The summed E-state index contributed by atoms with van der Waals surface area (Å²) >= 11 is 0. The van der Waals surface area contributed by atoms with Gasteiger partial charge in [-0.25, -0.2) is 23.1 Å². The number of nitriles is 1. The molecule has 0 bridgehead atoms. The zero-order chi connectivity index (χ0) is 21.6. The zero-order valence-corrected chi connectivity index (χ0v) is 16.3. The monoisotopic (exact) mass is 413 g/mol. The van der Waals surface area contributed by atoms with E-state index in [0.29, 0.717) is 29.8 Å². The fourth-order valence-electron chi connectivity index (χ4n) is 3.53. The predicted octanol–water partition coefficient (Wildman–Crippen LogP) is 3.88. The lowest BCUT2D eigenvalue weighted by molar-refractivity contribution is -0.0239. The maximum atomic E-state index is 13.9. The summed E-state index contributed by atoms with van der Waals surface area (Å²) in [6, 6.07) is 6.10. The standard InChI is InChI=1S/C21H18F3N5O/c1-11-5-16(14-6-12(9-25)7-15(22)8-14)27-19-17(26-10-29(11)19)20(30)28-18(13-3-4-13)21(2,23)24/h5-8,10,13,18H,3-4H2,1-2H3,(H,28,30). The molecule has 154 valence electrons. The number of rotatable bonds is 5. The molecule has 2 aromatic heterocycles. The number of hydrogen-bond acceptors (Lipinski definition) is 4. The molecule has 0 aliphatic heterocycles. The first-order valence-electron chi connectivity index (χ1n) is 9.42. The van der Waals surface area contributed by atoms with Crippen LogP contribution in [0.5, 0.6) is 0 Å². The molecule has 6 nitrogen and oxygen atoms in total. The molecule has 1 saturated carbocycles. The number of carbonyl (C=O) groups excluding carboxylic acids is 1. The molecule has 1 aliphatic carbocycles. The van der Waals surface area contributed by atoms with Crippen molar-refractivity contribution in [1.29, 1.82) is 5.26 Å². The van der Waals surface area contributed by atoms with Gasteiger partial charge in [0.2, 0.25) is 0 Å². The Bertz CT molecular complexity index is 1190. The summed E-state index contributed by atoms with van der Waals surface area (Å²) in [6.07, 6.45) is 2.67. The third-order valence-electron chi connectivity index (χ3n) is 5.16. The second-order valence-electron chi connectivity index (χ2n) is 7.65. The van der Waals surface area contributed by atoms with Crippen molar-refractivity contribution in [3.8, 4) is 17.3 Å². The molecule has 9 heteroatoms. The number of halogens is 3. The minimum atomic E-state index is -3.06. The summed E-state index contributed by atoms with van der Waals surface area (Å²) in [5.74, 6) is -4.65. The highest BCUT2D eigenvalue weighted by Gasteiger charge is 2.46. The molecule has 1 N–H and O–H groups in total. The maximum absolute atomic E-state index is 13.9. The van der Waals surface area contributed by atoms with E-state index in [2.05, 4.69) is 15.3 Å². The third kappa shape index (κ3) is 3.73. The Morgan fingerprint density at radius 1 is 1.33 bits per heavy atom. The van der Waals surface area contributed by atoms with Gasteiger partial charge >= 0.3 is 0 Å². The van der Waals surface area contributed by atoms with Crippen molar-refractivity contribution in [2.24, 2.45) is 5.92 Å². The number of imidazole rings is 1. The summed E-state index contributed by atoms with van der Waals surface area (Å²) < 4.78 is 43.3. The van der Waals surface area contributed by atoms with Crippen LogP contribution in [0, 0.1) is 30.0 Å². The number of aryl methyl sites for hydroxylation is 1. The summed E-state index contributed by atoms with van der Waals surface area (Å²) in [7, 11) is 0. The second-order valence-corrected chi connectivity index (χ2v) is 7.65. The first-order valence-corrected chi connectivity index (χ1v) is 9.42. The van der Waals surface area contributed by atoms with Gasteiger partial charge in [-0.3, -0.25) is 9.20 Å². The third-order valence-corrected chi connectivity index (χ3v) is 5.16. The van der Waals surface area contributed by atoms with Crippen LogP contribution in [-0.4, -0.2) is 32.2 Å². The van der Waals surface area contributed by atoms with Gasteiger partial charge in [0, 0.05) is 18.2 Å². The van der Waals surface area contributed by atoms with Gasteiger partial charge in [0.25, 0.3) is 11.8 Å². The summed E-state index contributed by atoms with van der Waals surface area (Å²) in [5, 5.41) is 11.5. The van der Waals surface area contributed by atoms with Gasteiger partial charge in [-0.15, -0.1) is 0 Å². The van der Waals surface area contributed by atoms with Crippen LogP contribution in [0.4, 0.5) is 13.2 Å². The van der Waals surface area contributed by atoms with Gasteiger partial charge < -0.3 is 5.32 Å². The minimum absolute atomic E-state index is 0.0910. The molecule has 4 rings (SSSR count). The molecule has 0 saturated heterocycles. The van der Waals surface area contributed by atoms with Crippen LogP contribution >= 0.6 is 0 Å². The molecular weight excluding hydrogens is 395 g/mol. The quantitative estimate of drug-likeness (QED) is 0.688. The summed E-state index contributed by atoms with van der Waals surface area (Å²) in [4.78, 5) is 21.2. The molecular formula is C21H18F3N5O. The fraction of sp³-hybridized carbons (Fsp3) is 0.333. The van der Waals surface area contributed by atoms with Crippen LogP contribution in [0.1, 0.15) is 41.5 Å². The Morgan fingerprint density at radius 3 is 2.70 bits per heavy atom. The Morgan fingerprint density at radius 2 is 2.07 bits per heavy atom. The zero-order valence-electron chi connectivity index (χ0n) is 16.3. The highest BCUT2D eigenvalue weighted by atomic mass is 19.3. The van der Waals surface area contributed by atoms with Gasteiger partial charge in [-0.1, -0.05) is 0 Å². The molecule has 2 heterocycles. The molecule has 1 unspecified atom stereocenters. The number of benzene rings is 1. The van der Waals surface area contributed by atoms with Crippen LogP contribution in [0.3, 0.4) is 0 Å². The number of fused-ring (bicyclic) bond motifs is 1. The topological polar surface area (TPSA) is 83.1 Å². The van der Waals surface area contributed by atoms with Gasteiger partial charge in [-0.05, 0) is 49.9 Å². The summed E-state index contributed by atoms with van der Waals surface area (Å²) in [5.41, 5.74) is 1.56.